The van der Waals surface area contributed by atoms with Crippen LogP contribution in [0.2, 0.25) is 0 Å². The molecule has 1 amide bonds. The molecule has 136 valence electrons. The van der Waals surface area contributed by atoms with Crippen LogP contribution in [0.15, 0.2) is 78.9 Å². The zero-order valence-electron chi connectivity index (χ0n) is 15.6. The number of methoxy groups -OCH3 is 1. The Hall–Kier alpha value is -3.33. The Bertz CT molecular complexity index is 928. The summed E-state index contributed by atoms with van der Waals surface area (Å²) in [6, 6.07) is 25.5. The normalized spacial score (nSPS) is 11.1. The predicted octanol–water partition coefficient (Wildman–Crippen LogP) is 4.86. The molecule has 1 N–H and O–H groups in total. The van der Waals surface area contributed by atoms with Gasteiger partial charge in [-0.15, -0.1) is 0 Å². The number of amides is 1. The maximum absolute atomic E-state index is 13.0. The van der Waals surface area contributed by atoms with E-state index < -0.39 is 0 Å². The number of hydrogen-bond acceptors (Lipinski definition) is 2. The van der Waals surface area contributed by atoms with Crippen LogP contribution >= 0.6 is 0 Å². The number of aryl methyl sites for hydroxylation is 1. The molecular formula is C24H23NO2. The number of hydrogen-bond donors (Lipinski definition) is 1. The molecule has 0 aliphatic heterocycles. The Kier molecular flexibility index (Phi) is 6.06. The van der Waals surface area contributed by atoms with Gasteiger partial charge in [-0.25, -0.2) is 0 Å². The minimum atomic E-state index is -0.118. The molecule has 0 aromatic heterocycles. The summed E-state index contributed by atoms with van der Waals surface area (Å²) in [5.74, 6) is 0.616. The fourth-order valence-electron chi connectivity index (χ4n) is 2.82. The largest absolute Gasteiger partial charge is 0.496 e. The van der Waals surface area contributed by atoms with E-state index in [2.05, 4.69) is 5.32 Å². The van der Waals surface area contributed by atoms with Gasteiger partial charge in [-0.1, -0.05) is 78.4 Å². The molecule has 0 aliphatic rings. The van der Waals surface area contributed by atoms with E-state index in [1.54, 1.807) is 7.11 Å². The molecule has 0 spiro atoms. The van der Waals surface area contributed by atoms with Crippen LogP contribution < -0.4 is 10.1 Å². The van der Waals surface area contributed by atoms with Crippen LogP contribution in [0.3, 0.4) is 0 Å². The minimum Gasteiger partial charge on any atom is -0.496 e. The summed E-state index contributed by atoms with van der Waals surface area (Å²) in [6.07, 6.45) is 1.87. The number of nitrogens with one attached hydrogen (secondary N) is 1. The van der Waals surface area contributed by atoms with Crippen LogP contribution in [-0.2, 0) is 11.3 Å². The molecule has 3 aromatic carbocycles. The lowest BCUT2D eigenvalue weighted by Gasteiger charge is -2.11. The first-order valence-corrected chi connectivity index (χ1v) is 8.91. The molecule has 3 aromatic rings. The zero-order chi connectivity index (χ0) is 19.1. The van der Waals surface area contributed by atoms with Crippen LogP contribution in [-0.4, -0.2) is 13.0 Å². The summed E-state index contributed by atoms with van der Waals surface area (Å²) in [5.41, 5.74) is 4.60. The third-order valence-corrected chi connectivity index (χ3v) is 4.34. The molecule has 0 heterocycles. The van der Waals surface area contributed by atoms with Gasteiger partial charge in [0.05, 0.1) is 7.11 Å². The Morgan fingerprint density at radius 1 is 0.926 bits per heavy atom. The van der Waals surface area contributed by atoms with E-state index in [1.165, 1.54) is 5.56 Å². The van der Waals surface area contributed by atoms with Gasteiger partial charge in [-0.3, -0.25) is 4.79 Å². The fraction of sp³-hybridized carbons (Fsp3) is 0.125. The molecule has 3 nitrogen and oxygen atoms in total. The molecule has 3 heteroatoms. The number of carbonyl (C=O) groups excluding carboxylic acids is 1. The molecule has 0 aliphatic carbocycles. The highest BCUT2D eigenvalue weighted by atomic mass is 16.5. The van der Waals surface area contributed by atoms with Gasteiger partial charge in [0, 0.05) is 17.7 Å². The van der Waals surface area contributed by atoms with Gasteiger partial charge in [0.1, 0.15) is 5.75 Å². The molecule has 0 radical (unpaired) electrons. The molecule has 0 fully saturated rings. The van der Waals surface area contributed by atoms with Crippen molar-refractivity contribution in [3.05, 3.63) is 101 Å². The van der Waals surface area contributed by atoms with Crippen molar-refractivity contribution in [2.75, 3.05) is 7.11 Å². The maximum atomic E-state index is 13.0. The summed E-state index contributed by atoms with van der Waals surface area (Å²) in [6.45, 7) is 2.53. The number of ether oxygens (including phenoxy) is 1. The van der Waals surface area contributed by atoms with Crippen LogP contribution in [0.5, 0.6) is 5.75 Å². The zero-order valence-corrected chi connectivity index (χ0v) is 15.6. The molecule has 3 rings (SSSR count). The molecule has 27 heavy (non-hydrogen) atoms. The SMILES string of the molecule is COc1ccccc1C=C(C(=O)NCc1ccc(C)cc1)c1ccccc1. The molecule has 0 saturated heterocycles. The molecule has 0 unspecified atom stereocenters. The lowest BCUT2D eigenvalue weighted by molar-refractivity contribution is -0.115. The molecular weight excluding hydrogens is 334 g/mol. The predicted molar refractivity (Wildman–Crippen MR) is 110 cm³/mol. The van der Waals surface area contributed by atoms with Crippen molar-refractivity contribution in [2.45, 2.75) is 13.5 Å². The minimum absolute atomic E-state index is 0.118. The van der Waals surface area contributed by atoms with Crippen molar-refractivity contribution in [2.24, 2.45) is 0 Å². The summed E-state index contributed by atoms with van der Waals surface area (Å²) >= 11 is 0. The molecule has 0 bridgehead atoms. The van der Waals surface area contributed by atoms with Gasteiger partial charge in [0.25, 0.3) is 5.91 Å². The lowest BCUT2D eigenvalue weighted by atomic mass is 10.0. The highest BCUT2D eigenvalue weighted by molar-refractivity contribution is 6.24. The van der Waals surface area contributed by atoms with Crippen LogP contribution in [0.25, 0.3) is 11.6 Å². The van der Waals surface area contributed by atoms with Crippen molar-refractivity contribution >= 4 is 17.6 Å². The second kappa shape index (κ2) is 8.86. The van der Waals surface area contributed by atoms with Gasteiger partial charge in [-0.05, 0) is 30.2 Å². The second-order valence-electron chi connectivity index (χ2n) is 6.33. The first-order chi connectivity index (χ1) is 13.2. The standard InChI is InChI=1S/C24H23NO2/c1-18-12-14-19(15-13-18)17-25-24(26)22(20-8-4-3-5-9-20)16-21-10-6-7-11-23(21)27-2/h3-16H,17H2,1-2H3,(H,25,26). The van der Waals surface area contributed by atoms with Crippen molar-refractivity contribution in [3.8, 4) is 5.75 Å². The van der Waals surface area contributed by atoms with E-state index in [9.17, 15) is 4.79 Å². The number of carbonyl (C=O) groups is 1. The van der Waals surface area contributed by atoms with E-state index in [4.69, 9.17) is 4.74 Å². The average Bonchev–Trinajstić information content (AvgIpc) is 2.72. The first-order valence-electron chi connectivity index (χ1n) is 8.91. The Morgan fingerprint density at radius 3 is 2.30 bits per heavy atom. The van der Waals surface area contributed by atoms with E-state index in [1.807, 2.05) is 91.9 Å². The summed E-state index contributed by atoms with van der Waals surface area (Å²) in [7, 11) is 1.63. The topological polar surface area (TPSA) is 38.3 Å². The molecule has 0 saturated carbocycles. The van der Waals surface area contributed by atoms with Gasteiger partial charge in [0.15, 0.2) is 0 Å². The Balaban J connectivity index is 1.89. The average molecular weight is 357 g/mol. The number of benzene rings is 3. The monoisotopic (exact) mass is 357 g/mol. The summed E-state index contributed by atoms with van der Waals surface area (Å²) in [5, 5.41) is 3.03. The Morgan fingerprint density at radius 2 is 1.59 bits per heavy atom. The Labute approximate surface area is 160 Å². The first kappa shape index (κ1) is 18.5. The van der Waals surface area contributed by atoms with Gasteiger partial charge >= 0.3 is 0 Å². The number of rotatable bonds is 6. The van der Waals surface area contributed by atoms with Crippen LogP contribution in [0.1, 0.15) is 22.3 Å². The summed E-state index contributed by atoms with van der Waals surface area (Å²) < 4.78 is 5.43. The summed E-state index contributed by atoms with van der Waals surface area (Å²) in [4.78, 5) is 13.0. The highest BCUT2D eigenvalue weighted by Crippen LogP contribution is 2.25. The van der Waals surface area contributed by atoms with Crippen molar-refractivity contribution < 1.29 is 9.53 Å². The maximum Gasteiger partial charge on any atom is 0.252 e. The lowest BCUT2D eigenvalue weighted by Crippen LogP contribution is -2.23. The highest BCUT2D eigenvalue weighted by Gasteiger charge is 2.13. The van der Waals surface area contributed by atoms with E-state index in [0.29, 0.717) is 12.1 Å². The number of para-hydroxylation sites is 1. The second-order valence-corrected chi connectivity index (χ2v) is 6.33. The van der Waals surface area contributed by atoms with Gasteiger partial charge < -0.3 is 10.1 Å². The van der Waals surface area contributed by atoms with E-state index >= 15 is 0 Å². The van der Waals surface area contributed by atoms with Gasteiger partial charge in [-0.2, -0.15) is 0 Å². The van der Waals surface area contributed by atoms with E-state index in [-0.39, 0.29) is 5.91 Å². The third-order valence-electron chi connectivity index (χ3n) is 4.34. The van der Waals surface area contributed by atoms with Crippen LogP contribution in [0, 0.1) is 6.92 Å². The van der Waals surface area contributed by atoms with Gasteiger partial charge in [0.2, 0.25) is 0 Å². The van der Waals surface area contributed by atoms with Crippen molar-refractivity contribution in [1.82, 2.24) is 5.32 Å². The fourth-order valence-corrected chi connectivity index (χ4v) is 2.82. The van der Waals surface area contributed by atoms with E-state index in [0.717, 1.165) is 22.4 Å². The van der Waals surface area contributed by atoms with Crippen LogP contribution in [0.4, 0.5) is 0 Å². The molecule has 0 atom stereocenters. The third kappa shape index (κ3) is 4.85. The van der Waals surface area contributed by atoms with Crippen molar-refractivity contribution in [1.29, 1.82) is 0 Å². The van der Waals surface area contributed by atoms with Crippen molar-refractivity contribution in [3.63, 3.8) is 0 Å². The smallest absolute Gasteiger partial charge is 0.252 e. The quantitative estimate of drug-likeness (QED) is 0.505.